The van der Waals surface area contributed by atoms with E-state index >= 15 is 0 Å². The van der Waals surface area contributed by atoms with Gasteiger partial charge in [0.1, 0.15) is 5.76 Å². The average molecular weight is 519 g/mol. The lowest BCUT2D eigenvalue weighted by Gasteiger charge is -2.34. The van der Waals surface area contributed by atoms with E-state index in [2.05, 4.69) is 25.6 Å². The maximum absolute atomic E-state index is 12.8. The topological polar surface area (TPSA) is 123 Å². The summed E-state index contributed by atoms with van der Waals surface area (Å²) in [7, 11) is 3.16. The molecule has 4 rings (SSSR count). The Morgan fingerprint density at radius 2 is 1.89 bits per heavy atom. The van der Waals surface area contributed by atoms with Crippen LogP contribution in [0.15, 0.2) is 33.1 Å². The number of amides is 2. The normalized spacial score (nSPS) is 13.6. The predicted molar refractivity (Wildman–Crippen MR) is 133 cm³/mol. The fourth-order valence-electron chi connectivity index (χ4n) is 3.54. The Morgan fingerprint density at radius 1 is 1.11 bits per heavy atom. The number of rotatable bonds is 9. The van der Waals surface area contributed by atoms with Gasteiger partial charge in [-0.2, -0.15) is 0 Å². The summed E-state index contributed by atoms with van der Waals surface area (Å²) in [5, 5.41) is 15.7. The van der Waals surface area contributed by atoms with Crippen LogP contribution >= 0.6 is 23.1 Å². The van der Waals surface area contributed by atoms with Gasteiger partial charge in [0.2, 0.25) is 16.9 Å². The van der Waals surface area contributed by atoms with Crippen molar-refractivity contribution in [3.8, 4) is 11.5 Å². The van der Waals surface area contributed by atoms with Crippen molar-refractivity contribution in [2.24, 2.45) is 0 Å². The SMILES string of the molecule is COc1ccc(CC(=O)N2CCN(c3nnc(SCC(=O)Nc4cc(C)on4)s3)CC2)cc1OC. The predicted octanol–water partition coefficient (Wildman–Crippen LogP) is 2.47. The summed E-state index contributed by atoms with van der Waals surface area (Å²) >= 11 is 2.75. The molecule has 0 spiro atoms. The molecule has 1 aliphatic heterocycles. The van der Waals surface area contributed by atoms with Gasteiger partial charge in [0.05, 0.1) is 26.4 Å². The lowest BCUT2D eigenvalue weighted by atomic mass is 10.1. The summed E-state index contributed by atoms with van der Waals surface area (Å²) in [6.07, 6.45) is 0.302. The van der Waals surface area contributed by atoms with Crippen LogP contribution < -0.4 is 19.7 Å². The Balaban J connectivity index is 1.23. The summed E-state index contributed by atoms with van der Waals surface area (Å²) in [6.45, 7) is 4.31. The number of hydrogen-bond acceptors (Lipinski definition) is 11. The van der Waals surface area contributed by atoms with E-state index in [1.807, 2.05) is 23.1 Å². The highest BCUT2D eigenvalue weighted by molar-refractivity contribution is 8.01. The molecule has 0 bridgehead atoms. The van der Waals surface area contributed by atoms with E-state index in [0.717, 1.165) is 10.7 Å². The van der Waals surface area contributed by atoms with Crippen molar-refractivity contribution in [3.63, 3.8) is 0 Å². The van der Waals surface area contributed by atoms with Gasteiger partial charge in [-0.25, -0.2) is 0 Å². The average Bonchev–Trinajstić information content (AvgIpc) is 3.51. The number of anilines is 2. The van der Waals surface area contributed by atoms with E-state index in [9.17, 15) is 9.59 Å². The number of piperazine rings is 1. The Kier molecular flexibility index (Phi) is 8.08. The Labute approximate surface area is 210 Å². The standard InChI is InChI=1S/C22H26N6O5S2/c1-14-10-18(26-33-14)23-19(29)13-34-22-25-24-21(35-22)28-8-6-27(7-9-28)20(30)12-15-4-5-16(31-2)17(11-15)32-3/h4-5,10-11H,6-9,12-13H2,1-3H3,(H,23,26,29). The van der Waals surface area contributed by atoms with Gasteiger partial charge in [-0.15, -0.1) is 10.2 Å². The number of nitrogens with zero attached hydrogens (tertiary/aromatic N) is 5. The van der Waals surface area contributed by atoms with Crippen LogP contribution in [0.2, 0.25) is 0 Å². The summed E-state index contributed by atoms with van der Waals surface area (Å²) < 4.78 is 16.2. The van der Waals surface area contributed by atoms with E-state index in [1.165, 1.54) is 23.1 Å². The highest BCUT2D eigenvalue weighted by Gasteiger charge is 2.24. The first kappa shape index (κ1) is 24.8. The summed E-state index contributed by atoms with van der Waals surface area (Å²) in [5.74, 6) is 2.34. The molecule has 3 aromatic rings. The van der Waals surface area contributed by atoms with Gasteiger partial charge in [0, 0.05) is 32.2 Å². The number of benzene rings is 1. The zero-order valence-corrected chi connectivity index (χ0v) is 21.3. The highest BCUT2D eigenvalue weighted by Crippen LogP contribution is 2.30. The summed E-state index contributed by atoms with van der Waals surface area (Å²) in [5.41, 5.74) is 0.878. The fourth-order valence-corrected chi connectivity index (χ4v) is 5.24. The minimum absolute atomic E-state index is 0.0682. The van der Waals surface area contributed by atoms with Gasteiger partial charge < -0.3 is 29.1 Å². The molecule has 1 aliphatic rings. The molecule has 0 aliphatic carbocycles. The van der Waals surface area contributed by atoms with Gasteiger partial charge in [-0.1, -0.05) is 34.3 Å². The number of aryl methyl sites for hydroxylation is 1. The highest BCUT2D eigenvalue weighted by atomic mass is 32.2. The Hall–Kier alpha value is -3.32. The Morgan fingerprint density at radius 3 is 2.57 bits per heavy atom. The second-order valence-corrected chi connectivity index (χ2v) is 9.92. The molecule has 35 heavy (non-hydrogen) atoms. The van der Waals surface area contributed by atoms with Crippen LogP contribution in [0, 0.1) is 6.92 Å². The van der Waals surface area contributed by atoms with E-state index in [4.69, 9.17) is 14.0 Å². The van der Waals surface area contributed by atoms with Gasteiger partial charge in [-0.05, 0) is 24.6 Å². The maximum Gasteiger partial charge on any atom is 0.236 e. The third-order valence-corrected chi connectivity index (χ3v) is 7.44. The third-order valence-electron chi connectivity index (χ3n) is 5.32. The van der Waals surface area contributed by atoms with Gasteiger partial charge in [-0.3, -0.25) is 9.59 Å². The van der Waals surface area contributed by atoms with Crippen molar-refractivity contribution in [2.75, 3.05) is 56.4 Å². The molecule has 2 amide bonds. The smallest absolute Gasteiger partial charge is 0.236 e. The number of carbonyl (C=O) groups excluding carboxylic acids is 2. The second kappa shape index (κ2) is 11.4. The van der Waals surface area contributed by atoms with E-state index in [0.29, 0.717) is 60.0 Å². The molecule has 1 saturated heterocycles. The number of carbonyl (C=O) groups is 2. The molecule has 13 heteroatoms. The molecular weight excluding hydrogens is 492 g/mol. The van der Waals surface area contributed by atoms with Crippen LogP contribution in [0.4, 0.5) is 10.9 Å². The van der Waals surface area contributed by atoms with Crippen molar-refractivity contribution in [3.05, 3.63) is 35.6 Å². The molecule has 0 saturated carbocycles. The van der Waals surface area contributed by atoms with Gasteiger partial charge in [0.25, 0.3) is 0 Å². The lowest BCUT2D eigenvalue weighted by Crippen LogP contribution is -2.49. The third kappa shape index (κ3) is 6.42. The Bertz CT molecular complexity index is 1170. The maximum atomic E-state index is 12.8. The molecular formula is C22H26N6O5S2. The van der Waals surface area contributed by atoms with Crippen LogP contribution in [0.25, 0.3) is 0 Å². The van der Waals surface area contributed by atoms with Crippen molar-refractivity contribution in [2.45, 2.75) is 17.7 Å². The molecule has 0 radical (unpaired) electrons. The molecule has 11 nitrogen and oxygen atoms in total. The van der Waals surface area contributed by atoms with Crippen molar-refractivity contribution in [1.29, 1.82) is 0 Å². The molecule has 0 unspecified atom stereocenters. The van der Waals surface area contributed by atoms with E-state index < -0.39 is 0 Å². The number of methoxy groups -OCH3 is 2. The first-order chi connectivity index (χ1) is 16.9. The van der Waals surface area contributed by atoms with Gasteiger partial charge >= 0.3 is 0 Å². The van der Waals surface area contributed by atoms with Crippen LogP contribution in [-0.2, 0) is 16.0 Å². The van der Waals surface area contributed by atoms with Crippen molar-refractivity contribution >= 4 is 45.9 Å². The first-order valence-corrected chi connectivity index (χ1v) is 12.7. The number of thioether (sulfide) groups is 1. The number of aromatic nitrogens is 3. The van der Waals surface area contributed by atoms with Gasteiger partial charge in [0.15, 0.2) is 21.7 Å². The van der Waals surface area contributed by atoms with Crippen LogP contribution in [0.1, 0.15) is 11.3 Å². The molecule has 0 atom stereocenters. The zero-order valence-electron chi connectivity index (χ0n) is 19.6. The van der Waals surface area contributed by atoms with Crippen LogP contribution in [0.5, 0.6) is 11.5 Å². The molecule has 1 N–H and O–H groups in total. The second-order valence-electron chi connectivity index (χ2n) is 7.74. The van der Waals surface area contributed by atoms with E-state index in [-0.39, 0.29) is 17.6 Å². The number of hydrogen-bond donors (Lipinski definition) is 1. The van der Waals surface area contributed by atoms with Crippen LogP contribution in [0.3, 0.4) is 0 Å². The molecule has 3 heterocycles. The summed E-state index contributed by atoms with van der Waals surface area (Å²) in [6, 6.07) is 7.18. The molecule has 2 aromatic heterocycles. The first-order valence-electron chi connectivity index (χ1n) is 10.9. The fraction of sp³-hybridized carbons (Fsp3) is 0.409. The minimum atomic E-state index is -0.193. The van der Waals surface area contributed by atoms with Crippen molar-refractivity contribution < 1.29 is 23.6 Å². The monoisotopic (exact) mass is 518 g/mol. The number of nitrogens with one attached hydrogen (secondary N) is 1. The summed E-state index contributed by atoms with van der Waals surface area (Å²) in [4.78, 5) is 28.9. The molecule has 1 fully saturated rings. The number of ether oxygens (including phenoxy) is 2. The quantitative estimate of drug-likeness (QED) is 0.423. The molecule has 1 aromatic carbocycles. The largest absolute Gasteiger partial charge is 0.493 e. The minimum Gasteiger partial charge on any atom is -0.493 e. The van der Waals surface area contributed by atoms with Crippen molar-refractivity contribution in [1.82, 2.24) is 20.3 Å². The van der Waals surface area contributed by atoms with E-state index in [1.54, 1.807) is 27.2 Å². The zero-order chi connectivity index (χ0) is 24.8. The molecule has 186 valence electrons. The lowest BCUT2D eigenvalue weighted by molar-refractivity contribution is -0.130. The van der Waals surface area contributed by atoms with Crippen LogP contribution in [-0.4, -0.2) is 78.2 Å².